The summed E-state index contributed by atoms with van der Waals surface area (Å²) in [6.45, 7) is -0.218. The molecular weight excluding hydrogens is 264 g/mol. The molecule has 1 unspecified atom stereocenters. The van der Waals surface area contributed by atoms with Crippen LogP contribution in [-0.4, -0.2) is 43.4 Å². The molecule has 0 aromatic carbocycles. The quantitative estimate of drug-likeness (QED) is 0.470. The number of aliphatic hydroxyl groups is 1. The topological polar surface area (TPSA) is 148 Å². The van der Waals surface area contributed by atoms with Gasteiger partial charge in [-0.25, -0.2) is 15.0 Å². The van der Waals surface area contributed by atoms with E-state index in [1.165, 1.54) is 6.33 Å². The second kappa shape index (κ2) is 4.93. The van der Waals surface area contributed by atoms with Crippen LogP contribution in [0, 0.1) is 0 Å². The van der Waals surface area contributed by atoms with Gasteiger partial charge in [0.1, 0.15) is 18.1 Å². The highest BCUT2D eigenvalue weighted by Crippen LogP contribution is 2.32. The lowest BCUT2D eigenvalue weighted by Crippen LogP contribution is -2.22. The molecule has 2 aromatic rings. The fourth-order valence-electron chi connectivity index (χ4n) is 2.32. The van der Waals surface area contributed by atoms with Gasteiger partial charge in [0.15, 0.2) is 11.5 Å². The van der Waals surface area contributed by atoms with E-state index in [9.17, 15) is 5.11 Å². The van der Waals surface area contributed by atoms with Crippen molar-refractivity contribution in [2.45, 2.75) is 24.8 Å². The molecule has 0 spiro atoms. The number of hydrogen-bond donors (Lipinski definition) is 2. The molecule has 0 amide bonds. The van der Waals surface area contributed by atoms with Gasteiger partial charge in [0, 0.05) is 11.3 Å². The van der Waals surface area contributed by atoms with Crippen LogP contribution in [0.25, 0.3) is 21.6 Å². The minimum Gasteiger partial charge on any atom is -0.394 e. The normalized spacial score (nSPS) is 25.8. The van der Waals surface area contributed by atoms with Crippen LogP contribution in [0.4, 0.5) is 5.82 Å². The average molecular weight is 276 g/mol. The number of nitrogens with zero attached hydrogens (tertiary/aromatic N) is 7. The summed E-state index contributed by atoms with van der Waals surface area (Å²) in [5.74, 6) is 0.289. The predicted molar refractivity (Wildman–Crippen MR) is 68.3 cm³/mol. The first-order chi connectivity index (χ1) is 9.74. The van der Waals surface area contributed by atoms with Gasteiger partial charge in [0.05, 0.1) is 25.1 Å². The Bertz CT molecular complexity index is 679. The van der Waals surface area contributed by atoms with E-state index in [1.54, 1.807) is 10.9 Å². The standard InChI is InChI=1S/C10H12N8O2/c11-9-8-10(14-3-13-9)18(4-15-8)7-1-5(16-17-12)6(2-19)20-7/h3-7,19H,1-2H2,(H2,11,13,14)/t5?,6-,7-/m0/s1. The number of ether oxygens (including phenoxy) is 1. The Morgan fingerprint density at radius 1 is 1.55 bits per heavy atom. The van der Waals surface area contributed by atoms with Gasteiger partial charge in [-0.15, -0.1) is 0 Å². The molecule has 10 heteroatoms. The number of aromatic nitrogens is 4. The van der Waals surface area contributed by atoms with Crippen molar-refractivity contribution in [2.75, 3.05) is 12.3 Å². The Balaban J connectivity index is 1.96. The minimum atomic E-state index is -0.535. The van der Waals surface area contributed by atoms with Crippen molar-refractivity contribution in [3.05, 3.63) is 23.1 Å². The van der Waals surface area contributed by atoms with Gasteiger partial charge in [0.2, 0.25) is 0 Å². The van der Waals surface area contributed by atoms with Gasteiger partial charge in [-0.1, -0.05) is 5.11 Å². The monoisotopic (exact) mass is 276 g/mol. The molecule has 2 aromatic heterocycles. The van der Waals surface area contributed by atoms with Crippen molar-refractivity contribution in [1.29, 1.82) is 0 Å². The molecule has 0 aliphatic carbocycles. The number of azide groups is 1. The number of hydrogen-bond acceptors (Lipinski definition) is 7. The molecule has 0 saturated carbocycles. The molecule has 3 heterocycles. The number of nitrogens with two attached hydrogens (primary N) is 1. The van der Waals surface area contributed by atoms with Crippen LogP contribution in [-0.2, 0) is 4.74 Å². The third kappa shape index (κ3) is 1.92. The lowest BCUT2D eigenvalue weighted by molar-refractivity contribution is -0.0233. The lowest BCUT2D eigenvalue weighted by atomic mass is 10.1. The molecule has 3 N–H and O–H groups in total. The zero-order valence-corrected chi connectivity index (χ0v) is 10.4. The summed E-state index contributed by atoms with van der Waals surface area (Å²) < 4.78 is 7.37. The Hall–Kier alpha value is -2.42. The van der Waals surface area contributed by atoms with Crippen LogP contribution in [0.5, 0.6) is 0 Å². The van der Waals surface area contributed by atoms with Crippen molar-refractivity contribution in [2.24, 2.45) is 5.11 Å². The van der Waals surface area contributed by atoms with Crippen molar-refractivity contribution >= 4 is 17.0 Å². The number of nitrogen functional groups attached to an aromatic ring is 1. The number of imidazole rings is 1. The van der Waals surface area contributed by atoms with Crippen molar-refractivity contribution < 1.29 is 9.84 Å². The number of aliphatic hydroxyl groups excluding tert-OH is 1. The van der Waals surface area contributed by atoms with Crippen LogP contribution in [0.15, 0.2) is 17.8 Å². The average Bonchev–Trinajstić information content (AvgIpc) is 3.03. The molecule has 3 rings (SSSR count). The second-order valence-corrected chi connectivity index (χ2v) is 4.40. The molecular formula is C10H12N8O2. The third-order valence-corrected chi connectivity index (χ3v) is 3.28. The molecule has 20 heavy (non-hydrogen) atoms. The second-order valence-electron chi connectivity index (χ2n) is 4.40. The lowest BCUT2D eigenvalue weighted by Gasteiger charge is -2.13. The highest BCUT2D eigenvalue weighted by atomic mass is 16.5. The summed E-state index contributed by atoms with van der Waals surface area (Å²) in [7, 11) is 0. The predicted octanol–water partition coefficient (Wildman–Crippen LogP) is 0.367. The Morgan fingerprint density at radius 3 is 3.15 bits per heavy atom. The smallest absolute Gasteiger partial charge is 0.167 e. The fraction of sp³-hybridized carbons (Fsp3) is 0.500. The van der Waals surface area contributed by atoms with Gasteiger partial charge in [0.25, 0.3) is 0 Å². The first-order valence-corrected chi connectivity index (χ1v) is 5.98. The zero-order chi connectivity index (χ0) is 14.1. The van der Waals surface area contributed by atoms with Gasteiger partial charge in [-0.3, -0.25) is 4.57 Å². The minimum absolute atomic E-state index is 0.218. The van der Waals surface area contributed by atoms with Gasteiger partial charge in [-0.2, -0.15) is 0 Å². The van der Waals surface area contributed by atoms with Crippen LogP contribution < -0.4 is 5.73 Å². The number of fused-ring (bicyclic) bond motifs is 1. The number of anilines is 1. The third-order valence-electron chi connectivity index (χ3n) is 3.28. The van der Waals surface area contributed by atoms with Gasteiger partial charge >= 0.3 is 0 Å². The summed E-state index contributed by atoms with van der Waals surface area (Å²) in [4.78, 5) is 14.9. The number of rotatable bonds is 3. The van der Waals surface area contributed by atoms with E-state index < -0.39 is 18.4 Å². The van der Waals surface area contributed by atoms with Gasteiger partial charge < -0.3 is 15.6 Å². The van der Waals surface area contributed by atoms with Crippen molar-refractivity contribution in [3.63, 3.8) is 0 Å². The van der Waals surface area contributed by atoms with E-state index in [0.717, 1.165) is 0 Å². The van der Waals surface area contributed by atoms with Crippen LogP contribution in [0.1, 0.15) is 12.6 Å². The van der Waals surface area contributed by atoms with Gasteiger partial charge in [-0.05, 0) is 5.53 Å². The molecule has 0 bridgehead atoms. The van der Waals surface area contributed by atoms with E-state index >= 15 is 0 Å². The zero-order valence-electron chi connectivity index (χ0n) is 10.4. The maximum atomic E-state index is 9.26. The maximum Gasteiger partial charge on any atom is 0.167 e. The molecule has 1 aliphatic rings. The van der Waals surface area contributed by atoms with E-state index in [2.05, 4.69) is 25.0 Å². The summed E-state index contributed by atoms with van der Waals surface area (Å²) in [6.07, 6.45) is 2.38. The summed E-state index contributed by atoms with van der Waals surface area (Å²) in [6, 6.07) is -0.424. The molecule has 1 aliphatic heterocycles. The van der Waals surface area contributed by atoms with Crippen LogP contribution in [0.3, 0.4) is 0 Å². The summed E-state index contributed by atoms with van der Waals surface area (Å²) in [5, 5.41) is 12.9. The Morgan fingerprint density at radius 2 is 2.40 bits per heavy atom. The van der Waals surface area contributed by atoms with E-state index in [0.29, 0.717) is 17.6 Å². The molecule has 0 radical (unpaired) electrons. The molecule has 3 atom stereocenters. The Kier molecular flexibility index (Phi) is 3.11. The van der Waals surface area contributed by atoms with E-state index in [-0.39, 0.29) is 12.4 Å². The maximum absolute atomic E-state index is 9.26. The van der Waals surface area contributed by atoms with Crippen LogP contribution >= 0.6 is 0 Å². The molecule has 10 nitrogen and oxygen atoms in total. The molecule has 1 saturated heterocycles. The fourth-order valence-corrected chi connectivity index (χ4v) is 2.32. The largest absolute Gasteiger partial charge is 0.394 e. The SMILES string of the molecule is [N-]=[N+]=NC1C[C@@H](n2cnc3c(N)ncnc32)O[C@H]1CO. The first kappa shape index (κ1) is 12.6. The van der Waals surface area contributed by atoms with E-state index in [4.69, 9.17) is 16.0 Å². The van der Waals surface area contributed by atoms with E-state index in [1.807, 2.05) is 0 Å². The molecule has 104 valence electrons. The molecule has 1 fully saturated rings. The van der Waals surface area contributed by atoms with Crippen molar-refractivity contribution in [3.8, 4) is 0 Å². The van der Waals surface area contributed by atoms with Crippen molar-refractivity contribution in [1.82, 2.24) is 19.5 Å². The first-order valence-electron chi connectivity index (χ1n) is 5.98. The summed E-state index contributed by atoms with van der Waals surface area (Å²) >= 11 is 0. The summed E-state index contributed by atoms with van der Waals surface area (Å²) in [5.41, 5.74) is 15.3. The Labute approximate surface area is 112 Å². The highest BCUT2D eigenvalue weighted by molar-refractivity contribution is 5.81. The highest BCUT2D eigenvalue weighted by Gasteiger charge is 2.36. The van der Waals surface area contributed by atoms with Crippen LogP contribution in [0.2, 0.25) is 0 Å².